The van der Waals surface area contributed by atoms with E-state index < -0.39 is 6.04 Å². The number of hydrogen-bond donors (Lipinski definition) is 2. The Labute approximate surface area is 153 Å². The lowest BCUT2D eigenvalue weighted by molar-refractivity contribution is -0.116. The number of allylic oxidation sites excluding steroid dienone is 1. The topological polar surface area (TPSA) is 93.2 Å². The van der Waals surface area contributed by atoms with Crippen molar-refractivity contribution in [2.75, 3.05) is 10.6 Å². The Morgan fingerprint density at radius 1 is 1.07 bits per heavy atom. The molecule has 2 aliphatic rings. The van der Waals surface area contributed by atoms with Crippen LogP contribution in [-0.2, 0) is 4.79 Å². The summed E-state index contributed by atoms with van der Waals surface area (Å²) in [6, 6.07) is 9.26. The Bertz CT molecular complexity index is 1020. The molecule has 8 heteroatoms. The molecule has 2 unspecified atom stereocenters. The highest BCUT2D eigenvalue weighted by atomic mass is 19.1. The van der Waals surface area contributed by atoms with Crippen LogP contribution in [0.2, 0.25) is 0 Å². The van der Waals surface area contributed by atoms with Gasteiger partial charge in [0.25, 0.3) is 0 Å². The van der Waals surface area contributed by atoms with Crippen LogP contribution in [0.25, 0.3) is 0 Å². The average Bonchev–Trinajstić information content (AvgIpc) is 3.31. The fourth-order valence-corrected chi connectivity index (χ4v) is 3.73. The number of nitrogens with one attached hydrogen (secondary N) is 2. The highest BCUT2D eigenvalue weighted by Crippen LogP contribution is 2.43. The second kappa shape index (κ2) is 6.08. The van der Waals surface area contributed by atoms with E-state index in [9.17, 15) is 9.18 Å². The first-order valence-electron chi connectivity index (χ1n) is 8.60. The van der Waals surface area contributed by atoms with Gasteiger partial charge in [-0.05, 0) is 46.6 Å². The lowest BCUT2D eigenvalue weighted by Crippen LogP contribution is -2.27. The number of ketones is 1. The third-order valence-corrected chi connectivity index (χ3v) is 4.98. The molecule has 0 bridgehead atoms. The number of hydrogen-bond acceptors (Lipinski definition) is 7. The SMILES string of the molecule is O=C1CC(c2ccco2)CC2=C1C(c1ccc(F)cc1)Nc1nonc1N2. The van der Waals surface area contributed by atoms with Gasteiger partial charge >= 0.3 is 0 Å². The minimum atomic E-state index is -0.480. The van der Waals surface area contributed by atoms with Gasteiger partial charge in [0.1, 0.15) is 11.6 Å². The van der Waals surface area contributed by atoms with Gasteiger partial charge in [0.2, 0.25) is 11.6 Å². The maximum Gasteiger partial charge on any atom is 0.219 e. The number of carbonyl (C=O) groups excluding carboxylic acids is 1. The van der Waals surface area contributed by atoms with Crippen molar-refractivity contribution < 1.29 is 18.2 Å². The molecule has 3 aromatic rings. The Kier molecular flexibility index (Phi) is 3.56. The van der Waals surface area contributed by atoms with Crippen molar-refractivity contribution in [3.8, 4) is 0 Å². The fraction of sp³-hybridized carbons (Fsp3) is 0.211. The van der Waals surface area contributed by atoms with Crippen molar-refractivity contribution in [3.63, 3.8) is 0 Å². The Morgan fingerprint density at radius 2 is 1.89 bits per heavy atom. The first kappa shape index (κ1) is 15.8. The summed E-state index contributed by atoms with van der Waals surface area (Å²) < 4.78 is 23.7. The molecule has 3 heterocycles. The minimum Gasteiger partial charge on any atom is -0.469 e. The first-order chi connectivity index (χ1) is 13.2. The molecule has 2 atom stereocenters. The molecule has 0 radical (unpaired) electrons. The number of nitrogens with zero attached hydrogens (tertiary/aromatic N) is 2. The quantitative estimate of drug-likeness (QED) is 0.713. The maximum absolute atomic E-state index is 13.4. The fourth-order valence-electron chi connectivity index (χ4n) is 3.73. The number of anilines is 2. The van der Waals surface area contributed by atoms with Crippen LogP contribution < -0.4 is 10.6 Å². The second-order valence-corrected chi connectivity index (χ2v) is 6.65. The van der Waals surface area contributed by atoms with E-state index in [2.05, 4.69) is 20.9 Å². The minimum absolute atomic E-state index is 0.00549. The van der Waals surface area contributed by atoms with Crippen LogP contribution in [0.3, 0.4) is 0 Å². The molecule has 0 amide bonds. The summed E-state index contributed by atoms with van der Waals surface area (Å²) in [6.45, 7) is 0. The van der Waals surface area contributed by atoms with Crippen LogP contribution in [0.15, 0.2) is 63.0 Å². The predicted octanol–water partition coefficient (Wildman–Crippen LogP) is 3.78. The number of furan rings is 1. The third-order valence-electron chi connectivity index (χ3n) is 4.98. The molecule has 0 saturated carbocycles. The molecule has 0 fully saturated rings. The van der Waals surface area contributed by atoms with E-state index >= 15 is 0 Å². The van der Waals surface area contributed by atoms with E-state index in [1.54, 1.807) is 18.4 Å². The van der Waals surface area contributed by atoms with Crippen molar-refractivity contribution in [1.29, 1.82) is 0 Å². The first-order valence-corrected chi connectivity index (χ1v) is 8.60. The third kappa shape index (κ3) is 2.69. The van der Waals surface area contributed by atoms with E-state index in [1.807, 2.05) is 12.1 Å². The second-order valence-electron chi connectivity index (χ2n) is 6.65. The molecule has 1 aromatic carbocycles. The summed E-state index contributed by atoms with van der Waals surface area (Å²) in [5.74, 6) is 1.19. The molecule has 27 heavy (non-hydrogen) atoms. The standard InChI is InChI=1S/C19H15FN4O3/c20-12-5-3-10(4-6-12)17-16-13(21-18-19(22-17)24-27-23-18)8-11(9-14(16)25)15-2-1-7-26-15/h1-7,11,17H,8-9H2,(H,21,23)(H,22,24). The lowest BCUT2D eigenvalue weighted by atomic mass is 9.80. The van der Waals surface area contributed by atoms with Crippen molar-refractivity contribution in [2.24, 2.45) is 0 Å². The van der Waals surface area contributed by atoms with Crippen molar-refractivity contribution in [2.45, 2.75) is 24.8 Å². The number of Topliss-reactive ketones (excluding diaryl/α,β-unsaturated/α-hetero) is 1. The van der Waals surface area contributed by atoms with Gasteiger partial charge in [0, 0.05) is 23.6 Å². The van der Waals surface area contributed by atoms with E-state index in [-0.39, 0.29) is 17.5 Å². The van der Waals surface area contributed by atoms with Crippen LogP contribution in [0, 0.1) is 5.82 Å². The molecule has 0 spiro atoms. The number of halogens is 1. The number of carbonyl (C=O) groups is 1. The zero-order chi connectivity index (χ0) is 18.4. The van der Waals surface area contributed by atoms with Gasteiger partial charge in [-0.3, -0.25) is 4.79 Å². The van der Waals surface area contributed by atoms with Crippen LogP contribution >= 0.6 is 0 Å². The summed E-state index contributed by atoms with van der Waals surface area (Å²) in [6.07, 6.45) is 2.52. The molecule has 7 nitrogen and oxygen atoms in total. The number of fused-ring (bicyclic) bond motifs is 1. The predicted molar refractivity (Wildman–Crippen MR) is 93.4 cm³/mol. The largest absolute Gasteiger partial charge is 0.469 e. The monoisotopic (exact) mass is 366 g/mol. The number of aromatic nitrogens is 2. The molecule has 5 rings (SSSR count). The summed E-state index contributed by atoms with van der Waals surface area (Å²) in [5.41, 5.74) is 2.10. The van der Waals surface area contributed by atoms with E-state index in [0.29, 0.717) is 30.1 Å². The van der Waals surface area contributed by atoms with Crippen molar-refractivity contribution in [1.82, 2.24) is 10.3 Å². The Balaban J connectivity index is 1.61. The highest BCUT2D eigenvalue weighted by molar-refractivity contribution is 6.00. The van der Waals surface area contributed by atoms with Crippen LogP contribution in [0.4, 0.5) is 16.0 Å². The maximum atomic E-state index is 13.4. The zero-order valence-electron chi connectivity index (χ0n) is 14.1. The highest BCUT2D eigenvalue weighted by Gasteiger charge is 2.38. The van der Waals surface area contributed by atoms with Crippen molar-refractivity contribution >= 4 is 17.4 Å². The average molecular weight is 366 g/mol. The van der Waals surface area contributed by atoms with E-state index in [0.717, 1.165) is 17.0 Å². The van der Waals surface area contributed by atoms with Gasteiger partial charge in [0.15, 0.2) is 5.78 Å². The van der Waals surface area contributed by atoms with Gasteiger partial charge in [-0.2, -0.15) is 0 Å². The Morgan fingerprint density at radius 3 is 2.67 bits per heavy atom. The molecule has 136 valence electrons. The summed E-state index contributed by atoms with van der Waals surface area (Å²) in [4.78, 5) is 13.1. The molecular weight excluding hydrogens is 351 g/mol. The summed E-state index contributed by atoms with van der Waals surface area (Å²) >= 11 is 0. The molecular formula is C19H15FN4O3. The van der Waals surface area contributed by atoms with Gasteiger partial charge in [-0.15, -0.1) is 0 Å². The van der Waals surface area contributed by atoms with Gasteiger partial charge in [0.05, 0.1) is 12.3 Å². The molecule has 1 aliphatic heterocycles. The van der Waals surface area contributed by atoms with E-state index in [4.69, 9.17) is 9.05 Å². The molecule has 2 aromatic heterocycles. The molecule has 1 aliphatic carbocycles. The van der Waals surface area contributed by atoms with Crippen LogP contribution in [0.5, 0.6) is 0 Å². The number of benzene rings is 1. The summed E-state index contributed by atoms with van der Waals surface area (Å²) in [5, 5.41) is 14.1. The molecule has 2 N–H and O–H groups in total. The van der Waals surface area contributed by atoms with Crippen molar-refractivity contribution in [3.05, 3.63) is 71.1 Å². The lowest BCUT2D eigenvalue weighted by Gasteiger charge is -2.28. The van der Waals surface area contributed by atoms with Crippen LogP contribution in [-0.4, -0.2) is 16.1 Å². The van der Waals surface area contributed by atoms with Gasteiger partial charge in [-0.1, -0.05) is 12.1 Å². The van der Waals surface area contributed by atoms with Crippen LogP contribution in [0.1, 0.15) is 36.1 Å². The smallest absolute Gasteiger partial charge is 0.219 e. The molecule has 0 saturated heterocycles. The van der Waals surface area contributed by atoms with E-state index in [1.165, 1.54) is 12.1 Å². The van der Waals surface area contributed by atoms with Gasteiger partial charge < -0.3 is 15.1 Å². The number of rotatable bonds is 2. The summed E-state index contributed by atoms with van der Waals surface area (Å²) in [7, 11) is 0. The Hall–Kier alpha value is -3.42. The normalized spacial score (nSPS) is 21.7. The zero-order valence-corrected chi connectivity index (χ0v) is 14.1. The van der Waals surface area contributed by atoms with Gasteiger partial charge in [-0.25, -0.2) is 9.02 Å².